The quantitative estimate of drug-likeness (QED) is 0.664. The highest BCUT2D eigenvalue weighted by molar-refractivity contribution is 5.89. The van der Waals surface area contributed by atoms with Crippen molar-refractivity contribution in [2.75, 3.05) is 5.32 Å². The highest BCUT2D eigenvalue weighted by Gasteiger charge is 2.14. The molecule has 2 aromatic heterocycles. The number of carbonyl (C=O) groups excluding carboxylic acids is 1. The van der Waals surface area contributed by atoms with Gasteiger partial charge in [-0.2, -0.15) is 5.10 Å². The van der Waals surface area contributed by atoms with E-state index in [1.165, 1.54) is 18.5 Å². The van der Waals surface area contributed by atoms with Crippen molar-refractivity contribution in [1.82, 2.24) is 15.5 Å². The smallest absolute Gasteiger partial charge is 0.339 e. The van der Waals surface area contributed by atoms with E-state index in [1.54, 1.807) is 6.92 Å². The van der Waals surface area contributed by atoms with Gasteiger partial charge in [-0.15, -0.1) is 0 Å². The van der Waals surface area contributed by atoms with Crippen molar-refractivity contribution in [1.29, 1.82) is 0 Å². The number of urea groups is 1. The highest BCUT2D eigenvalue weighted by atomic mass is 16.4. The van der Waals surface area contributed by atoms with Crippen molar-refractivity contribution in [3.63, 3.8) is 0 Å². The second kappa shape index (κ2) is 5.25. The van der Waals surface area contributed by atoms with Crippen molar-refractivity contribution in [3.8, 4) is 0 Å². The van der Waals surface area contributed by atoms with Gasteiger partial charge in [0, 0.05) is 6.20 Å². The average Bonchev–Trinajstić information content (AvgIpc) is 2.96. The van der Waals surface area contributed by atoms with E-state index in [4.69, 9.17) is 9.52 Å². The fourth-order valence-electron chi connectivity index (χ4n) is 1.51. The Morgan fingerprint density at radius 2 is 2.32 bits per heavy atom. The molecule has 0 saturated carbocycles. The van der Waals surface area contributed by atoms with Crippen LogP contribution in [-0.4, -0.2) is 27.3 Å². The SMILES string of the molecule is Cc1oc(CNC(=O)Nc2cn[nH]c2)cc1C(=O)O. The molecule has 0 saturated heterocycles. The molecule has 2 rings (SSSR count). The number of aromatic amines is 1. The van der Waals surface area contributed by atoms with Crippen molar-refractivity contribution >= 4 is 17.7 Å². The van der Waals surface area contributed by atoms with Crippen LogP contribution in [0, 0.1) is 6.92 Å². The number of hydrogen-bond donors (Lipinski definition) is 4. The third-order valence-electron chi connectivity index (χ3n) is 2.38. The van der Waals surface area contributed by atoms with Gasteiger partial charge in [0.15, 0.2) is 0 Å². The average molecular weight is 264 g/mol. The summed E-state index contributed by atoms with van der Waals surface area (Å²) < 4.78 is 5.22. The Hall–Kier alpha value is -2.77. The molecule has 0 aromatic carbocycles. The van der Waals surface area contributed by atoms with Gasteiger partial charge < -0.3 is 20.2 Å². The minimum Gasteiger partial charge on any atom is -0.478 e. The largest absolute Gasteiger partial charge is 0.478 e. The van der Waals surface area contributed by atoms with E-state index in [0.717, 1.165) is 0 Å². The molecule has 0 aliphatic heterocycles. The molecule has 0 aliphatic rings. The second-order valence-electron chi connectivity index (χ2n) is 3.78. The van der Waals surface area contributed by atoms with E-state index in [1.807, 2.05) is 0 Å². The summed E-state index contributed by atoms with van der Waals surface area (Å²) in [5.74, 6) is -0.382. The molecular formula is C11H12N4O4. The summed E-state index contributed by atoms with van der Waals surface area (Å²) in [7, 11) is 0. The number of carbonyl (C=O) groups is 2. The number of aryl methyl sites for hydroxylation is 1. The van der Waals surface area contributed by atoms with Crippen LogP contribution in [0.5, 0.6) is 0 Å². The van der Waals surface area contributed by atoms with Crippen LogP contribution in [0.1, 0.15) is 21.9 Å². The number of hydrogen-bond acceptors (Lipinski definition) is 4. The van der Waals surface area contributed by atoms with E-state index in [-0.39, 0.29) is 12.1 Å². The summed E-state index contributed by atoms with van der Waals surface area (Å²) in [6, 6.07) is 0.947. The van der Waals surface area contributed by atoms with Crippen molar-refractivity contribution in [2.45, 2.75) is 13.5 Å². The van der Waals surface area contributed by atoms with Crippen LogP contribution in [0.3, 0.4) is 0 Å². The zero-order chi connectivity index (χ0) is 13.8. The first kappa shape index (κ1) is 12.7. The Morgan fingerprint density at radius 1 is 1.53 bits per heavy atom. The molecule has 0 aliphatic carbocycles. The van der Waals surface area contributed by atoms with Crippen LogP contribution in [0.2, 0.25) is 0 Å². The number of aromatic nitrogens is 2. The number of carboxylic acid groups (broad SMARTS) is 1. The van der Waals surface area contributed by atoms with Crippen molar-refractivity contribution in [2.24, 2.45) is 0 Å². The molecule has 8 nitrogen and oxygen atoms in total. The summed E-state index contributed by atoms with van der Waals surface area (Å²) in [6.45, 7) is 1.65. The molecule has 0 bridgehead atoms. The zero-order valence-corrected chi connectivity index (χ0v) is 10.1. The zero-order valence-electron chi connectivity index (χ0n) is 10.1. The molecule has 2 aromatic rings. The lowest BCUT2D eigenvalue weighted by atomic mass is 10.2. The van der Waals surface area contributed by atoms with E-state index in [2.05, 4.69) is 20.8 Å². The summed E-state index contributed by atoms with van der Waals surface area (Å²) in [6.07, 6.45) is 2.98. The number of rotatable bonds is 4. The minimum atomic E-state index is -1.06. The van der Waals surface area contributed by atoms with Gasteiger partial charge >= 0.3 is 12.0 Å². The third-order valence-corrected chi connectivity index (χ3v) is 2.38. The molecule has 100 valence electrons. The monoisotopic (exact) mass is 264 g/mol. The third kappa shape index (κ3) is 3.12. The van der Waals surface area contributed by atoms with E-state index in [9.17, 15) is 9.59 Å². The highest BCUT2D eigenvalue weighted by Crippen LogP contribution is 2.14. The first-order chi connectivity index (χ1) is 9.06. The predicted molar refractivity (Wildman–Crippen MR) is 64.9 cm³/mol. The number of carboxylic acids is 1. The van der Waals surface area contributed by atoms with Crippen LogP contribution < -0.4 is 10.6 Å². The summed E-state index contributed by atoms with van der Waals surface area (Å²) >= 11 is 0. The molecular weight excluding hydrogens is 252 g/mol. The Bertz CT molecular complexity index is 588. The molecule has 2 heterocycles. The van der Waals surface area contributed by atoms with E-state index >= 15 is 0 Å². The molecule has 0 radical (unpaired) electrons. The molecule has 0 unspecified atom stereocenters. The number of nitrogens with one attached hydrogen (secondary N) is 3. The predicted octanol–water partition coefficient (Wildman–Crippen LogP) is 1.33. The lowest BCUT2D eigenvalue weighted by Crippen LogP contribution is -2.27. The van der Waals surface area contributed by atoms with Crippen molar-refractivity contribution in [3.05, 3.63) is 35.5 Å². The van der Waals surface area contributed by atoms with Gasteiger partial charge in [0.2, 0.25) is 0 Å². The molecule has 8 heteroatoms. The topological polar surface area (TPSA) is 120 Å². The van der Waals surface area contributed by atoms with Gasteiger partial charge in [0.25, 0.3) is 0 Å². The fourth-order valence-corrected chi connectivity index (χ4v) is 1.51. The molecule has 4 N–H and O–H groups in total. The minimum absolute atomic E-state index is 0.0899. The van der Waals surface area contributed by atoms with Gasteiger partial charge in [-0.1, -0.05) is 0 Å². The Labute approximate surface area is 107 Å². The molecule has 19 heavy (non-hydrogen) atoms. The molecule has 2 amide bonds. The number of anilines is 1. The first-order valence-corrected chi connectivity index (χ1v) is 5.42. The maximum absolute atomic E-state index is 11.5. The number of H-pyrrole nitrogens is 1. The molecule has 0 fully saturated rings. The van der Waals surface area contributed by atoms with Crippen LogP contribution >= 0.6 is 0 Å². The van der Waals surface area contributed by atoms with Gasteiger partial charge in [-0.05, 0) is 13.0 Å². The summed E-state index contributed by atoms with van der Waals surface area (Å²) in [4.78, 5) is 22.3. The molecule has 0 spiro atoms. The Morgan fingerprint density at radius 3 is 2.89 bits per heavy atom. The number of furan rings is 1. The van der Waals surface area contributed by atoms with Crippen LogP contribution in [0.15, 0.2) is 22.9 Å². The Kier molecular flexibility index (Phi) is 3.51. The van der Waals surface area contributed by atoms with Gasteiger partial charge in [0.05, 0.1) is 18.4 Å². The van der Waals surface area contributed by atoms with E-state index < -0.39 is 12.0 Å². The standard InChI is InChI=1S/C11H12N4O4/c1-6-9(10(16)17)2-8(19-6)5-12-11(18)15-7-3-13-14-4-7/h2-4H,5H2,1H3,(H,13,14)(H,16,17)(H2,12,15,18). The van der Waals surface area contributed by atoms with E-state index in [0.29, 0.717) is 17.2 Å². The molecule has 0 atom stereocenters. The Balaban J connectivity index is 1.90. The first-order valence-electron chi connectivity index (χ1n) is 5.42. The number of nitrogens with zero attached hydrogens (tertiary/aromatic N) is 1. The van der Waals surface area contributed by atoms with Gasteiger partial charge in [-0.3, -0.25) is 5.10 Å². The normalized spacial score (nSPS) is 10.2. The second-order valence-corrected chi connectivity index (χ2v) is 3.78. The fraction of sp³-hybridized carbons (Fsp3) is 0.182. The van der Waals surface area contributed by atoms with Crippen LogP contribution in [-0.2, 0) is 6.54 Å². The van der Waals surface area contributed by atoms with Crippen LogP contribution in [0.4, 0.5) is 10.5 Å². The maximum atomic E-state index is 11.5. The van der Waals surface area contributed by atoms with Gasteiger partial charge in [-0.25, -0.2) is 9.59 Å². The lowest BCUT2D eigenvalue weighted by Gasteiger charge is -2.03. The van der Waals surface area contributed by atoms with Crippen molar-refractivity contribution < 1.29 is 19.1 Å². The maximum Gasteiger partial charge on any atom is 0.339 e. The summed E-state index contributed by atoms with van der Waals surface area (Å²) in [5.41, 5.74) is 0.617. The number of amides is 2. The summed E-state index contributed by atoms with van der Waals surface area (Å²) in [5, 5.41) is 20.2. The number of aromatic carboxylic acids is 1. The lowest BCUT2D eigenvalue weighted by molar-refractivity contribution is 0.0695. The van der Waals surface area contributed by atoms with Crippen LogP contribution in [0.25, 0.3) is 0 Å². The van der Waals surface area contributed by atoms with Gasteiger partial charge in [0.1, 0.15) is 17.1 Å².